The van der Waals surface area contributed by atoms with E-state index in [1.807, 2.05) is 6.07 Å². The topological polar surface area (TPSA) is 85.2 Å². The van der Waals surface area contributed by atoms with Gasteiger partial charge >= 0.3 is 0 Å². The summed E-state index contributed by atoms with van der Waals surface area (Å²) in [4.78, 5) is 24.4. The second-order valence-corrected chi connectivity index (χ2v) is 8.32. The Morgan fingerprint density at radius 2 is 1.86 bits per heavy atom. The van der Waals surface area contributed by atoms with Crippen LogP contribution in [0.4, 0.5) is 11.5 Å². The molecule has 0 bridgehead atoms. The number of nitrogens with zero attached hydrogens (tertiary/aromatic N) is 4. The predicted molar refractivity (Wildman–Crippen MR) is 108 cm³/mol. The van der Waals surface area contributed by atoms with Crippen molar-refractivity contribution in [1.82, 2.24) is 9.97 Å². The molecule has 7 nitrogen and oxygen atoms in total. The van der Waals surface area contributed by atoms with Crippen molar-refractivity contribution >= 4 is 22.4 Å². The Kier molecular flexibility index (Phi) is 4.24. The number of nitriles is 1. The molecule has 5 rings (SSSR count). The van der Waals surface area contributed by atoms with Gasteiger partial charge in [-0.3, -0.25) is 4.79 Å². The molecular weight excluding hydrogens is 354 g/mol. The van der Waals surface area contributed by atoms with Crippen molar-refractivity contribution in [3.05, 3.63) is 28.2 Å². The van der Waals surface area contributed by atoms with Gasteiger partial charge in [-0.05, 0) is 37.2 Å². The van der Waals surface area contributed by atoms with Crippen LogP contribution in [-0.2, 0) is 4.74 Å². The molecule has 1 N–H and O–H groups in total. The highest BCUT2D eigenvalue weighted by atomic mass is 16.5. The van der Waals surface area contributed by atoms with E-state index in [-0.39, 0.29) is 11.1 Å². The number of hydrogen-bond donors (Lipinski definition) is 1. The highest BCUT2D eigenvalue weighted by Crippen LogP contribution is 2.49. The third kappa shape index (κ3) is 2.83. The lowest BCUT2D eigenvalue weighted by atomic mass is 9.63. The molecule has 7 heteroatoms. The van der Waals surface area contributed by atoms with Crippen LogP contribution in [0.1, 0.15) is 37.7 Å². The molecule has 146 valence electrons. The Morgan fingerprint density at radius 3 is 2.50 bits per heavy atom. The van der Waals surface area contributed by atoms with Gasteiger partial charge in [0.1, 0.15) is 17.5 Å². The zero-order valence-electron chi connectivity index (χ0n) is 16.0. The number of pyridine rings is 2. The molecule has 2 aromatic rings. The molecule has 2 aromatic heterocycles. The predicted octanol–water partition coefficient (Wildman–Crippen LogP) is 2.40. The largest absolute Gasteiger partial charge is 0.378 e. The minimum atomic E-state index is -0.324. The maximum atomic E-state index is 12.5. The minimum Gasteiger partial charge on any atom is -0.378 e. The van der Waals surface area contributed by atoms with Crippen molar-refractivity contribution in [1.29, 1.82) is 5.26 Å². The van der Waals surface area contributed by atoms with Crippen molar-refractivity contribution in [3.8, 4) is 6.07 Å². The Labute approximate surface area is 163 Å². The van der Waals surface area contributed by atoms with Crippen LogP contribution in [0, 0.1) is 16.7 Å². The van der Waals surface area contributed by atoms with Gasteiger partial charge in [-0.25, -0.2) is 4.98 Å². The first-order valence-corrected chi connectivity index (χ1v) is 10.2. The van der Waals surface area contributed by atoms with Crippen LogP contribution in [0.15, 0.2) is 17.1 Å². The molecule has 0 unspecified atom stereocenters. The molecular formula is C21H25N5O2. The fourth-order valence-electron chi connectivity index (χ4n) is 4.95. The summed E-state index contributed by atoms with van der Waals surface area (Å²) in [5, 5.41) is 10.6. The smallest absolute Gasteiger partial charge is 0.268 e. The Balaban J connectivity index is 1.58. The highest BCUT2D eigenvalue weighted by Gasteiger charge is 2.40. The third-order valence-electron chi connectivity index (χ3n) is 6.86. The van der Waals surface area contributed by atoms with Crippen LogP contribution in [0.5, 0.6) is 0 Å². The zero-order chi connectivity index (χ0) is 19.1. The molecule has 1 aliphatic carbocycles. The number of piperidine rings is 1. The number of hydrogen-bond acceptors (Lipinski definition) is 6. The molecule has 1 saturated carbocycles. The van der Waals surface area contributed by atoms with Gasteiger partial charge in [-0.15, -0.1) is 0 Å². The second-order valence-electron chi connectivity index (χ2n) is 8.32. The van der Waals surface area contributed by atoms with Crippen LogP contribution in [-0.4, -0.2) is 49.4 Å². The average molecular weight is 379 g/mol. The molecule has 0 aromatic carbocycles. The molecule has 3 fully saturated rings. The Morgan fingerprint density at radius 1 is 1.11 bits per heavy atom. The van der Waals surface area contributed by atoms with E-state index in [9.17, 15) is 10.1 Å². The fourth-order valence-corrected chi connectivity index (χ4v) is 4.95. The Hall–Kier alpha value is -2.59. The highest BCUT2D eigenvalue weighted by molar-refractivity contribution is 5.95. The van der Waals surface area contributed by atoms with Crippen LogP contribution < -0.4 is 15.4 Å². The molecule has 2 saturated heterocycles. The summed E-state index contributed by atoms with van der Waals surface area (Å²) in [7, 11) is 0. The number of ether oxygens (including phenoxy) is 1. The first kappa shape index (κ1) is 17.5. The monoisotopic (exact) mass is 379 g/mol. The summed E-state index contributed by atoms with van der Waals surface area (Å²) in [6, 6.07) is 4.19. The van der Waals surface area contributed by atoms with Crippen molar-refractivity contribution in [2.45, 2.75) is 32.1 Å². The van der Waals surface area contributed by atoms with E-state index < -0.39 is 0 Å². The van der Waals surface area contributed by atoms with Gasteiger partial charge in [0.25, 0.3) is 5.56 Å². The number of aromatic nitrogens is 2. The van der Waals surface area contributed by atoms with Gasteiger partial charge in [0.15, 0.2) is 0 Å². The van der Waals surface area contributed by atoms with Gasteiger partial charge in [-0.1, -0.05) is 6.42 Å². The molecule has 2 aliphatic heterocycles. The first-order chi connectivity index (χ1) is 13.7. The van der Waals surface area contributed by atoms with E-state index in [0.29, 0.717) is 24.1 Å². The number of anilines is 2. The summed E-state index contributed by atoms with van der Waals surface area (Å²) in [5.74, 6) is 0.875. The number of H-pyrrole nitrogens is 1. The molecule has 0 atom stereocenters. The van der Waals surface area contributed by atoms with Crippen LogP contribution in [0.3, 0.4) is 0 Å². The van der Waals surface area contributed by atoms with Crippen LogP contribution in [0.2, 0.25) is 0 Å². The Bertz CT molecular complexity index is 988. The van der Waals surface area contributed by atoms with Crippen molar-refractivity contribution in [2.24, 2.45) is 5.41 Å². The quantitative estimate of drug-likeness (QED) is 0.862. The standard InChI is InChI=1S/C21H25N5O2/c22-13-16-19(26-6-4-21(5-7-26)2-1-3-21)15-12-18(25-8-10-28-11-9-25)23-14-17(15)24-20(16)27/h12,14H,1-11H2,(H,24,27). The number of aromatic amines is 1. The van der Waals surface area contributed by atoms with Crippen molar-refractivity contribution in [2.75, 3.05) is 49.2 Å². The normalized spacial score (nSPS) is 21.5. The lowest BCUT2D eigenvalue weighted by Crippen LogP contribution is -2.44. The molecule has 28 heavy (non-hydrogen) atoms. The fraction of sp³-hybridized carbons (Fsp3) is 0.571. The molecule has 0 amide bonds. The van der Waals surface area contributed by atoms with E-state index in [4.69, 9.17) is 4.74 Å². The molecule has 1 spiro atoms. The molecule has 3 aliphatic rings. The summed E-state index contributed by atoms with van der Waals surface area (Å²) in [6.07, 6.45) is 8.01. The van der Waals surface area contributed by atoms with E-state index in [1.54, 1.807) is 6.20 Å². The first-order valence-electron chi connectivity index (χ1n) is 10.2. The van der Waals surface area contributed by atoms with E-state index >= 15 is 0 Å². The summed E-state index contributed by atoms with van der Waals surface area (Å²) < 4.78 is 5.45. The van der Waals surface area contributed by atoms with Crippen LogP contribution >= 0.6 is 0 Å². The molecule has 0 radical (unpaired) electrons. The number of fused-ring (bicyclic) bond motifs is 1. The lowest BCUT2D eigenvalue weighted by molar-refractivity contribution is 0.0956. The zero-order valence-corrected chi connectivity index (χ0v) is 16.0. The van der Waals surface area contributed by atoms with Crippen LogP contribution in [0.25, 0.3) is 10.9 Å². The molecule has 4 heterocycles. The third-order valence-corrected chi connectivity index (χ3v) is 6.86. The maximum absolute atomic E-state index is 12.5. The number of rotatable bonds is 2. The van der Waals surface area contributed by atoms with Crippen molar-refractivity contribution < 1.29 is 4.74 Å². The van der Waals surface area contributed by atoms with Gasteiger partial charge in [0, 0.05) is 31.6 Å². The maximum Gasteiger partial charge on any atom is 0.268 e. The minimum absolute atomic E-state index is 0.219. The van der Waals surface area contributed by atoms with E-state index in [1.165, 1.54) is 19.3 Å². The number of morpholine rings is 1. The van der Waals surface area contributed by atoms with E-state index in [0.717, 1.165) is 55.9 Å². The van der Waals surface area contributed by atoms with Crippen molar-refractivity contribution in [3.63, 3.8) is 0 Å². The van der Waals surface area contributed by atoms with Gasteiger partial charge in [0.05, 0.1) is 30.6 Å². The van der Waals surface area contributed by atoms with Gasteiger partial charge < -0.3 is 19.5 Å². The summed E-state index contributed by atoms with van der Waals surface area (Å²) in [6.45, 7) is 4.79. The number of nitrogens with one attached hydrogen (secondary N) is 1. The van der Waals surface area contributed by atoms with Gasteiger partial charge in [-0.2, -0.15) is 5.26 Å². The van der Waals surface area contributed by atoms with Gasteiger partial charge in [0.2, 0.25) is 0 Å². The average Bonchev–Trinajstić information content (AvgIpc) is 2.72. The summed E-state index contributed by atoms with van der Waals surface area (Å²) in [5.41, 5.74) is 1.89. The lowest BCUT2D eigenvalue weighted by Gasteiger charge is -2.48. The SMILES string of the molecule is N#Cc1c(N2CCC3(CCC3)CC2)c2cc(N3CCOCC3)ncc2[nH]c1=O. The second kappa shape index (κ2) is 6.78. The van der Waals surface area contributed by atoms with E-state index in [2.05, 4.69) is 25.8 Å². The summed E-state index contributed by atoms with van der Waals surface area (Å²) >= 11 is 0.